The second-order valence-corrected chi connectivity index (χ2v) is 14.3. The zero-order chi connectivity index (χ0) is 30.1. The van der Waals surface area contributed by atoms with E-state index in [0.717, 1.165) is 27.8 Å². The van der Waals surface area contributed by atoms with Crippen molar-refractivity contribution in [3.63, 3.8) is 0 Å². The number of H-pyrrole nitrogens is 1. The molecule has 0 spiro atoms. The summed E-state index contributed by atoms with van der Waals surface area (Å²) in [5.74, 6) is 0.498. The lowest BCUT2D eigenvalue weighted by Gasteiger charge is -2.21. The maximum absolute atomic E-state index is 13.3. The molecule has 0 aliphatic heterocycles. The Balaban J connectivity index is 0.000000174. The highest BCUT2D eigenvalue weighted by Gasteiger charge is 2.25. The molecule has 1 aliphatic rings. The van der Waals surface area contributed by atoms with Gasteiger partial charge < -0.3 is 10.7 Å². The monoisotopic (exact) mass is 637 g/mol. The molecular formula is C34H31N5O2S3. The first-order valence-corrected chi connectivity index (χ1v) is 17.9. The van der Waals surface area contributed by atoms with Crippen molar-refractivity contribution < 1.29 is 8.42 Å². The summed E-state index contributed by atoms with van der Waals surface area (Å²) in [7, 11) is -3.74. The van der Waals surface area contributed by atoms with Gasteiger partial charge in [0.1, 0.15) is 0 Å². The van der Waals surface area contributed by atoms with Gasteiger partial charge in [0, 0.05) is 57.1 Å². The Morgan fingerprint density at radius 1 is 0.886 bits per heavy atom. The lowest BCUT2D eigenvalue weighted by molar-refractivity contribution is 0.443. The standard InChI is InChI=1S/C22H21N3O2S2.C12H10N2S/c26-29(27,18-9-5-2-6-10-18)25-13-20(21-14-28-15-24-21)19-11-17(12-23-22(19)25)16-7-3-1-4-8-16;13-9-1-2-10-11(6-14-12(10)5-9)8-3-4-15-7-8/h2,5-6,9-16H,1,3-4,7-8H2;1-7,14H,13H2. The summed E-state index contributed by atoms with van der Waals surface area (Å²) >= 11 is 3.21. The number of aromatic amines is 1. The van der Waals surface area contributed by atoms with Crippen molar-refractivity contribution in [3.05, 3.63) is 106 Å². The number of anilines is 1. The SMILES string of the molecule is Nc1ccc2c(-c3ccsc3)c[nH]c2c1.O=S(=O)(c1ccccc1)n1cc(-c2cscn2)c2cc(C3CCCCC3)cnc21. The van der Waals surface area contributed by atoms with Gasteiger partial charge in [-0.15, -0.1) is 11.3 Å². The van der Waals surface area contributed by atoms with E-state index in [4.69, 9.17) is 5.73 Å². The molecule has 0 unspecified atom stereocenters. The van der Waals surface area contributed by atoms with Gasteiger partial charge in [-0.25, -0.2) is 22.4 Å². The Labute approximate surface area is 264 Å². The normalized spacial score (nSPS) is 14.1. The zero-order valence-electron chi connectivity index (χ0n) is 23.9. The van der Waals surface area contributed by atoms with Crippen LogP contribution in [0.3, 0.4) is 0 Å². The molecule has 0 radical (unpaired) electrons. The van der Waals surface area contributed by atoms with Crippen molar-refractivity contribution in [1.82, 2.24) is 18.9 Å². The minimum atomic E-state index is -3.74. The number of thiophene rings is 1. The molecule has 1 saturated carbocycles. The van der Waals surface area contributed by atoms with Gasteiger partial charge in [-0.1, -0.05) is 43.5 Å². The van der Waals surface area contributed by atoms with Crippen molar-refractivity contribution in [3.8, 4) is 22.4 Å². The first-order chi connectivity index (χ1) is 21.5. The van der Waals surface area contributed by atoms with E-state index >= 15 is 0 Å². The van der Waals surface area contributed by atoms with E-state index < -0.39 is 10.0 Å². The summed E-state index contributed by atoms with van der Waals surface area (Å²) in [4.78, 5) is 12.6. The number of nitrogens with zero attached hydrogens (tertiary/aromatic N) is 3. The summed E-state index contributed by atoms with van der Waals surface area (Å²) in [6.45, 7) is 0. The average Bonchev–Trinajstić information content (AvgIpc) is 3.88. The Hall–Kier alpha value is -4.25. The topological polar surface area (TPSA) is 107 Å². The number of hydrogen-bond acceptors (Lipinski definition) is 7. The molecule has 0 bridgehead atoms. The van der Waals surface area contributed by atoms with E-state index in [0.29, 0.717) is 11.6 Å². The minimum Gasteiger partial charge on any atom is -0.399 e. The summed E-state index contributed by atoms with van der Waals surface area (Å²) in [5.41, 5.74) is 15.1. The summed E-state index contributed by atoms with van der Waals surface area (Å²) in [6, 6.07) is 18.7. The third-order valence-corrected chi connectivity index (χ3v) is 11.2. The number of nitrogens with two attached hydrogens (primary N) is 1. The Kier molecular flexibility index (Phi) is 7.80. The van der Waals surface area contributed by atoms with Gasteiger partial charge in [-0.2, -0.15) is 11.3 Å². The Morgan fingerprint density at radius 2 is 1.73 bits per heavy atom. The van der Waals surface area contributed by atoms with Crippen LogP contribution in [0.1, 0.15) is 43.6 Å². The van der Waals surface area contributed by atoms with Crippen LogP contribution >= 0.6 is 22.7 Å². The number of aromatic nitrogens is 4. The summed E-state index contributed by atoms with van der Waals surface area (Å²) in [6.07, 6.45) is 11.7. The van der Waals surface area contributed by atoms with Gasteiger partial charge in [0.25, 0.3) is 10.0 Å². The fraction of sp³-hybridized carbons (Fsp3) is 0.176. The number of thiazole rings is 1. The molecular weight excluding hydrogens is 607 g/mol. The number of rotatable bonds is 5. The molecule has 10 heteroatoms. The third kappa shape index (κ3) is 5.45. The second-order valence-electron chi connectivity index (χ2n) is 11.0. The first-order valence-electron chi connectivity index (χ1n) is 14.6. The molecule has 222 valence electrons. The van der Waals surface area contributed by atoms with Crippen LogP contribution in [0, 0.1) is 0 Å². The smallest absolute Gasteiger partial charge is 0.269 e. The minimum absolute atomic E-state index is 0.250. The largest absolute Gasteiger partial charge is 0.399 e. The van der Waals surface area contributed by atoms with Crippen LogP contribution in [0.25, 0.3) is 44.3 Å². The molecule has 1 aliphatic carbocycles. The van der Waals surface area contributed by atoms with Crippen LogP contribution in [0.5, 0.6) is 0 Å². The molecule has 8 rings (SSSR count). The Bertz CT molecular complexity index is 2130. The highest BCUT2D eigenvalue weighted by atomic mass is 32.2. The van der Waals surface area contributed by atoms with Crippen molar-refractivity contribution in [2.45, 2.75) is 42.9 Å². The third-order valence-electron chi connectivity index (χ3n) is 8.26. The molecule has 0 atom stereocenters. The zero-order valence-corrected chi connectivity index (χ0v) is 26.3. The molecule has 0 amide bonds. The molecule has 44 heavy (non-hydrogen) atoms. The van der Waals surface area contributed by atoms with Gasteiger partial charge in [0.15, 0.2) is 5.65 Å². The van der Waals surface area contributed by atoms with Gasteiger partial charge in [0.2, 0.25) is 0 Å². The van der Waals surface area contributed by atoms with Crippen molar-refractivity contribution >= 4 is 60.3 Å². The fourth-order valence-corrected chi connectivity index (χ4v) is 8.55. The first kappa shape index (κ1) is 28.5. The lowest BCUT2D eigenvalue weighted by atomic mass is 9.84. The van der Waals surface area contributed by atoms with E-state index in [1.54, 1.807) is 47.3 Å². The number of fused-ring (bicyclic) bond motifs is 2. The molecule has 5 heterocycles. The van der Waals surface area contributed by atoms with Crippen LogP contribution in [0.2, 0.25) is 0 Å². The van der Waals surface area contributed by atoms with Crippen LogP contribution in [-0.4, -0.2) is 27.3 Å². The number of pyridine rings is 1. The quantitative estimate of drug-likeness (QED) is 0.183. The fourth-order valence-electron chi connectivity index (χ4n) is 5.99. The molecule has 3 N–H and O–H groups in total. The predicted molar refractivity (Wildman–Crippen MR) is 182 cm³/mol. The molecule has 7 aromatic rings. The Morgan fingerprint density at radius 3 is 2.48 bits per heavy atom. The summed E-state index contributed by atoms with van der Waals surface area (Å²) in [5, 5.41) is 8.26. The maximum atomic E-state index is 13.3. The van der Waals surface area contributed by atoms with E-state index in [-0.39, 0.29) is 4.90 Å². The van der Waals surface area contributed by atoms with Crippen molar-refractivity contribution in [1.29, 1.82) is 0 Å². The predicted octanol–water partition coefficient (Wildman–Crippen LogP) is 8.92. The van der Waals surface area contributed by atoms with Crippen LogP contribution in [0.4, 0.5) is 5.69 Å². The molecule has 7 nitrogen and oxygen atoms in total. The van der Waals surface area contributed by atoms with Gasteiger partial charge in [0.05, 0.1) is 16.1 Å². The van der Waals surface area contributed by atoms with E-state index in [1.165, 1.54) is 69.5 Å². The molecule has 2 aromatic carbocycles. The highest BCUT2D eigenvalue weighted by molar-refractivity contribution is 7.90. The van der Waals surface area contributed by atoms with Crippen LogP contribution in [0.15, 0.2) is 106 Å². The number of nitrogens with one attached hydrogen (secondary N) is 1. The molecule has 0 saturated heterocycles. The van der Waals surface area contributed by atoms with Crippen LogP contribution < -0.4 is 5.73 Å². The number of nitrogen functional groups attached to an aromatic ring is 1. The van der Waals surface area contributed by atoms with Gasteiger partial charge in [-0.3, -0.25) is 0 Å². The lowest BCUT2D eigenvalue weighted by Crippen LogP contribution is -2.12. The number of benzene rings is 2. The van der Waals surface area contributed by atoms with Crippen LogP contribution in [-0.2, 0) is 10.0 Å². The highest BCUT2D eigenvalue weighted by Crippen LogP contribution is 2.37. The number of hydrogen-bond donors (Lipinski definition) is 2. The van der Waals surface area contributed by atoms with E-state index in [9.17, 15) is 8.42 Å². The molecule has 1 fully saturated rings. The van der Waals surface area contributed by atoms with Gasteiger partial charge in [-0.05, 0) is 77.0 Å². The average molecular weight is 638 g/mol. The van der Waals surface area contributed by atoms with Gasteiger partial charge >= 0.3 is 0 Å². The van der Waals surface area contributed by atoms with Crippen molar-refractivity contribution in [2.24, 2.45) is 0 Å². The van der Waals surface area contributed by atoms with Crippen molar-refractivity contribution in [2.75, 3.05) is 5.73 Å². The van der Waals surface area contributed by atoms with E-state index in [1.807, 2.05) is 36.0 Å². The van der Waals surface area contributed by atoms with E-state index in [2.05, 4.69) is 43.9 Å². The second kappa shape index (κ2) is 12.0. The summed E-state index contributed by atoms with van der Waals surface area (Å²) < 4.78 is 27.9. The molecule has 5 aromatic heterocycles. The maximum Gasteiger partial charge on any atom is 0.269 e.